The molecule has 1 aliphatic rings. The topological polar surface area (TPSA) is 26.3 Å². The Morgan fingerprint density at radius 2 is 2.42 bits per heavy atom. The summed E-state index contributed by atoms with van der Waals surface area (Å²) in [6, 6.07) is 0. The van der Waals surface area contributed by atoms with Gasteiger partial charge in [0.2, 0.25) is 0 Å². The van der Waals surface area contributed by atoms with Gasteiger partial charge in [-0.3, -0.25) is 4.79 Å². The zero-order valence-corrected chi connectivity index (χ0v) is 8.76. The second-order valence-corrected chi connectivity index (χ2v) is 4.03. The number of halogens is 1. The lowest BCUT2D eigenvalue weighted by molar-refractivity contribution is -0.144. The van der Waals surface area contributed by atoms with E-state index < -0.39 is 0 Å². The molecule has 12 heavy (non-hydrogen) atoms. The van der Waals surface area contributed by atoms with Gasteiger partial charge >= 0.3 is 5.97 Å². The lowest BCUT2D eigenvalue weighted by Crippen LogP contribution is -2.12. The molecule has 1 aliphatic carbocycles. The third-order valence-corrected chi connectivity index (χ3v) is 2.50. The van der Waals surface area contributed by atoms with Gasteiger partial charge in [0, 0.05) is 6.92 Å². The van der Waals surface area contributed by atoms with Crippen LogP contribution in [0.1, 0.15) is 32.6 Å². The van der Waals surface area contributed by atoms with Crippen molar-refractivity contribution >= 4 is 21.9 Å². The Balaban J connectivity index is 2.50. The molecule has 0 unspecified atom stereocenters. The van der Waals surface area contributed by atoms with Gasteiger partial charge in [0.25, 0.3) is 0 Å². The number of carbonyl (C=O) groups excluding carboxylic acids is 1. The van der Waals surface area contributed by atoms with Crippen molar-refractivity contribution in [2.45, 2.75) is 38.7 Å². The third kappa shape index (κ3) is 3.39. The summed E-state index contributed by atoms with van der Waals surface area (Å²) >= 11 is 3.44. The Hall–Kier alpha value is -0.310. The fourth-order valence-electron chi connectivity index (χ4n) is 1.31. The number of allylic oxidation sites excluding steroid dienone is 1. The quantitative estimate of drug-likeness (QED) is 0.651. The number of hydrogen-bond acceptors (Lipinski definition) is 2. The van der Waals surface area contributed by atoms with E-state index in [1.807, 2.05) is 6.08 Å². The van der Waals surface area contributed by atoms with Gasteiger partial charge in [-0.2, -0.15) is 0 Å². The van der Waals surface area contributed by atoms with Crippen molar-refractivity contribution in [3.05, 3.63) is 10.6 Å². The fourth-order valence-corrected chi connectivity index (χ4v) is 1.89. The number of ether oxygens (including phenoxy) is 1. The van der Waals surface area contributed by atoms with Crippen molar-refractivity contribution in [3.8, 4) is 0 Å². The van der Waals surface area contributed by atoms with Crippen LogP contribution in [0.15, 0.2) is 10.6 Å². The monoisotopic (exact) mass is 232 g/mol. The van der Waals surface area contributed by atoms with E-state index in [-0.39, 0.29) is 12.1 Å². The third-order valence-electron chi connectivity index (χ3n) is 1.84. The van der Waals surface area contributed by atoms with Crippen LogP contribution in [0.2, 0.25) is 0 Å². The van der Waals surface area contributed by atoms with E-state index in [4.69, 9.17) is 4.74 Å². The molecule has 0 heterocycles. The Morgan fingerprint density at radius 1 is 1.67 bits per heavy atom. The summed E-state index contributed by atoms with van der Waals surface area (Å²) in [7, 11) is 0. The summed E-state index contributed by atoms with van der Waals surface area (Å²) in [4.78, 5) is 10.7. The van der Waals surface area contributed by atoms with Crippen LogP contribution in [-0.2, 0) is 9.53 Å². The van der Waals surface area contributed by atoms with E-state index in [1.54, 1.807) is 0 Å². The standard InChI is InChI=1S/C9H13BrO2/c1-7(11)12-9-5-3-2-4-8(10)6-9/h6,9H,2-5H2,1H3/t9-/m1/s1. The summed E-state index contributed by atoms with van der Waals surface area (Å²) in [5.74, 6) is -0.196. The molecule has 0 N–H and O–H groups in total. The molecular weight excluding hydrogens is 220 g/mol. The SMILES string of the molecule is CC(=O)O[C@H]1C=C(Br)CCCC1. The Morgan fingerprint density at radius 3 is 3.08 bits per heavy atom. The molecule has 0 aromatic carbocycles. The normalized spacial score (nSPS) is 24.2. The van der Waals surface area contributed by atoms with Crippen LogP contribution >= 0.6 is 15.9 Å². The molecule has 0 spiro atoms. The van der Waals surface area contributed by atoms with E-state index in [2.05, 4.69) is 15.9 Å². The summed E-state index contributed by atoms with van der Waals surface area (Å²) in [6.45, 7) is 1.45. The molecule has 0 amide bonds. The molecule has 0 aliphatic heterocycles. The average molecular weight is 233 g/mol. The first-order chi connectivity index (χ1) is 5.68. The highest BCUT2D eigenvalue weighted by molar-refractivity contribution is 9.11. The molecule has 0 aromatic rings. The molecule has 2 nitrogen and oxygen atoms in total. The number of hydrogen-bond donors (Lipinski definition) is 0. The van der Waals surface area contributed by atoms with E-state index in [0.717, 1.165) is 23.7 Å². The maximum Gasteiger partial charge on any atom is 0.303 e. The maximum atomic E-state index is 10.7. The van der Waals surface area contributed by atoms with Gasteiger partial charge in [0.1, 0.15) is 6.10 Å². The van der Waals surface area contributed by atoms with Crippen molar-refractivity contribution in [2.24, 2.45) is 0 Å². The second kappa shape index (κ2) is 4.65. The first-order valence-corrected chi connectivity index (χ1v) is 5.01. The van der Waals surface area contributed by atoms with Crippen molar-refractivity contribution in [1.82, 2.24) is 0 Å². The van der Waals surface area contributed by atoms with Crippen LogP contribution in [0.25, 0.3) is 0 Å². The minimum Gasteiger partial charge on any atom is -0.458 e. The van der Waals surface area contributed by atoms with Crippen LogP contribution in [0.3, 0.4) is 0 Å². The van der Waals surface area contributed by atoms with Gasteiger partial charge in [-0.1, -0.05) is 15.9 Å². The van der Waals surface area contributed by atoms with Crippen LogP contribution in [0, 0.1) is 0 Å². The zero-order chi connectivity index (χ0) is 8.97. The molecule has 3 heteroatoms. The van der Waals surface area contributed by atoms with Crippen molar-refractivity contribution in [2.75, 3.05) is 0 Å². The predicted octanol–water partition coefficient (Wildman–Crippen LogP) is 2.77. The minimum atomic E-state index is -0.196. The summed E-state index contributed by atoms with van der Waals surface area (Å²) < 4.78 is 6.25. The Kier molecular flexibility index (Phi) is 3.79. The molecule has 1 rings (SSSR count). The second-order valence-electron chi connectivity index (χ2n) is 3.01. The average Bonchev–Trinajstić information content (AvgIpc) is 2.12. The Bertz CT molecular complexity index is 199. The maximum absolute atomic E-state index is 10.7. The summed E-state index contributed by atoms with van der Waals surface area (Å²) in [5, 5.41) is 0. The zero-order valence-electron chi connectivity index (χ0n) is 7.18. The fraction of sp³-hybridized carbons (Fsp3) is 0.667. The smallest absolute Gasteiger partial charge is 0.303 e. The van der Waals surface area contributed by atoms with Crippen LogP contribution in [-0.4, -0.2) is 12.1 Å². The highest BCUT2D eigenvalue weighted by Gasteiger charge is 2.12. The molecular formula is C9H13BrO2. The first-order valence-electron chi connectivity index (χ1n) is 4.22. The first kappa shape index (κ1) is 9.78. The molecule has 0 bridgehead atoms. The van der Waals surface area contributed by atoms with E-state index in [1.165, 1.54) is 13.3 Å². The van der Waals surface area contributed by atoms with Crippen molar-refractivity contribution < 1.29 is 9.53 Å². The molecule has 0 radical (unpaired) electrons. The predicted molar refractivity (Wildman–Crippen MR) is 51.0 cm³/mol. The van der Waals surface area contributed by atoms with Crippen LogP contribution in [0.4, 0.5) is 0 Å². The van der Waals surface area contributed by atoms with E-state index in [9.17, 15) is 4.79 Å². The van der Waals surface area contributed by atoms with Gasteiger partial charge in [-0.05, 0) is 36.2 Å². The van der Waals surface area contributed by atoms with Gasteiger partial charge in [0.15, 0.2) is 0 Å². The molecule has 0 aromatic heterocycles. The number of rotatable bonds is 1. The lowest BCUT2D eigenvalue weighted by atomic mass is 10.2. The van der Waals surface area contributed by atoms with Gasteiger partial charge in [0.05, 0.1) is 0 Å². The highest BCUT2D eigenvalue weighted by Crippen LogP contribution is 2.23. The summed E-state index contributed by atoms with van der Waals surface area (Å²) in [5.41, 5.74) is 0. The minimum absolute atomic E-state index is 0.0145. The molecule has 1 atom stereocenters. The number of esters is 1. The van der Waals surface area contributed by atoms with Gasteiger partial charge in [-0.15, -0.1) is 0 Å². The number of carbonyl (C=O) groups is 1. The van der Waals surface area contributed by atoms with Crippen LogP contribution in [0.5, 0.6) is 0 Å². The van der Waals surface area contributed by atoms with Crippen LogP contribution < -0.4 is 0 Å². The highest BCUT2D eigenvalue weighted by atomic mass is 79.9. The van der Waals surface area contributed by atoms with E-state index >= 15 is 0 Å². The van der Waals surface area contributed by atoms with E-state index in [0.29, 0.717) is 0 Å². The van der Waals surface area contributed by atoms with Crippen molar-refractivity contribution in [1.29, 1.82) is 0 Å². The van der Waals surface area contributed by atoms with Crippen molar-refractivity contribution in [3.63, 3.8) is 0 Å². The van der Waals surface area contributed by atoms with Gasteiger partial charge in [-0.25, -0.2) is 0 Å². The molecule has 68 valence electrons. The Labute approximate surface area is 81.1 Å². The molecule has 0 saturated heterocycles. The largest absolute Gasteiger partial charge is 0.458 e. The molecule has 0 fully saturated rings. The van der Waals surface area contributed by atoms with Gasteiger partial charge < -0.3 is 4.74 Å². The lowest BCUT2D eigenvalue weighted by Gasteiger charge is -2.10. The molecule has 0 saturated carbocycles. The summed E-state index contributed by atoms with van der Waals surface area (Å²) in [6.07, 6.45) is 6.30.